The summed E-state index contributed by atoms with van der Waals surface area (Å²) in [4.78, 5) is 42.7. The zero-order chi connectivity index (χ0) is 21.9. The van der Waals surface area contributed by atoms with Crippen LogP contribution in [-0.2, 0) is 31.2 Å². The number of hydrogen-bond acceptors (Lipinski definition) is 7. The number of nitrogens with zero attached hydrogens (tertiary/aromatic N) is 2. The maximum atomic E-state index is 13.5. The molecule has 5 rings (SSSR count). The third kappa shape index (κ3) is 2.71. The number of benzene rings is 1. The lowest BCUT2D eigenvalue weighted by molar-refractivity contribution is -0.211. The highest BCUT2D eigenvalue weighted by atomic mass is 16.7. The van der Waals surface area contributed by atoms with Crippen LogP contribution in [0, 0.1) is 0 Å². The number of pyridine rings is 2. The number of ether oxygens (including phenoxy) is 2. The summed E-state index contributed by atoms with van der Waals surface area (Å²) in [5.74, 6) is -1.57. The molecule has 1 unspecified atom stereocenters. The predicted molar refractivity (Wildman–Crippen MR) is 110 cm³/mol. The molecule has 158 valence electrons. The van der Waals surface area contributed by atoms with E-state index >= 15 is 0 Å². The summed E-state index contributed by atoms with van der Waals surface area (Å²) in [6.07, 6.45) is -1.45. The van der Waals surface area contributed by atoms with Gasteiger partial charge in [0, 0.05) is 22.9 Å². The van der Waals surface area contributed by atoms with E-state index in [0.717, 1.165) is 16.5 Å². The topological polar surface area (TPSA) is 108 Å². The highest BCUT2D eigenvalue weighted by Gasteiger charge is 2.50. The van der Waals surface area contributed by atoms with Crippen LogP contribution >= 0.6 is 0 Å². The van der Waals surface area contributed by atoms with Crippen LogP contribution in [0.3, 0.4) is 0 Å². The van der Waals surface area contributed by atoms with Crippen molar-refractivity contribution in [3.8, 4) is 11.4 Å². The number of carbonyl (C=O) groups is 2. The fraction of sp³-hybridized carbons (Fsp3) is 0.304. The van der Waals surface area contributed by atoms with Crippen molar-refractivity contribution in [3.63, 3.8) is 0 Å². The third-order valence-corrected chi connectivity index (χ3v) is 5.98. The number of esters is 2. The van der Waals surface area contributed by atoms with Crippen LogP contribution in [0.15, 0.2) is 41.2 Å². The Balaban J connectivity index is 1.76. The van der Waals surface area contributed by atoms with E-state index < -0.39 is 29.4 Å². The first-order chi connectivity index (χ1) is 14.9. The van der Waals surface area contributed by atoms with Crippen LogP contribution in [0.25, 0.3) is 22.3 Å². The third-order valence-electron chi connectivity index (χ3n) is 5.98. The molecule has 8 nitrogen and oxygen atoms in total. The van der Waals surface area contributed by atoms with Gasteiger partial charge >= 0.3 is 11.9 Å². The van der Waals surface area contributed by atoms with Crippen molar-refractivity contribution in [1.82, 2.24) is 9.55 Å². The van der Waals surface area contributed by atoms with E-state index in [1.54, 1.807) is 19.9 Å². The van der Waals surface area contributed by atoms with Gasteiger partial charge in [-0.2, -0.15) is 0 Å². The molecule has 0 bridgehead atoms. The molecule has 0 fully saturated rings. The molecular formula is C23H20N2O6. The van der Waals surface area contributed by atoms with E-state index in [-0.39, 0.29) is 30.5 Å². The molecule has 0 spiro atoms. The lowest BCUT2D eigenvalue weighted by atomic mass is 9.85. The van der Waals surface area contributed by atoms with E-state index in [1.807, 2.05) is 30.3 Å². The Morgan fingerprint density at radius 2 is 2.06 bits per heavy atom. The molecule has 2 aliphatic rings. The van der Waals surface area contributed by atoms with E-state index in [2.05, 4.69) is 0 Å². The Hall–Kier alpha value is -3.52. The monoisotopic (exact) mass is 420 g/mol. The van der Waals surface area contributed by atoms with Gasteiger partial charge < -0.3 is 19.1 Å². The average molecular weight is 420 g/mol. The second-order valence-corrected chi connectivity index (χ2v) is 7.73. The summed E-state index contributed by atoms with van der Waals surface area (Å²) in [5.41, 5.74) is 0.324. The Kier molecular flexibility index (Phi) is 4.23. The molecule has 0 aliphatic carbocycles. The van der Waals surface area contributed by atoms with Gasteiger partial charge in [-0.25, -0.2) is 9.78 Å². The van der Waals surface area contributed by atoms with Gasteiger partial charge in [-0.1, -0.05) is 32.0 Å². The van der Waals surface area contributed by atoms with Gasteiger partial charge in [-0.05, 0) is 24.6 Å². The zero-order valence-electron chi connectivity index (χ0n) is 17.0. The highest BCUT2D eigenvalue weighted by molar-refractivity contribution is 5.86. The summed E-state index contributed by atoms with van der Waals surface area (Å²) in [6.45, 7) is 3.49. The number of rotatable bonds is 3. The van der Waals surface area contributed by atoms with Crippen molar-refractivity contribution in [3.05, 3.63) is 63.4 Å². The number of fused-ring (bicyclic) bond motifs is 5. The minimum Gasteiger partial charge on any atom is -0.420 e. The lowest BCUT2D eigenvalue weighted by Gasteiger charge is -2.35. The SMILES string of the molecule is CCC(=O)OC1OC(=O)[C@](O)(CC)c2cc3n(c(=O)c21)Cc1cc2ccccc2nc1-3. The molecule has 0 radical (unpaired) electrons. The molecule has 1 N–H and O–H groups in total. The Labute approximate surface area is 177 Å². The van der Waals surface area contributed by atoms with Gasteiger partial charge in [0.05, 0.1) is 23.4 Å². The van der Waals surface area contributed by atoms with Crippen LogP contribution in [0.1, 0.15) is 49.7 Å². The van der Waals surface area contributed by atoms with E-state index in [0.29, 0.717) is 11.4 Å². The molecule has 2 aromatic heterocycles. The molecule has 0 saturated carbocycles. The van der Waals surface area contributed by atoms with Gasteiger partial charge in [0.2, 0.25) is 0 Å². The van der Waals surface area contributed by atoms with Crippen molar-refractivity contribution >= 4 is 22.8 Å². The van der Waals surface area contributed by atoms with Gasteiger partial charge in [0.1, 0.15) is 5.56 Å². The Morgan fingerprint density at radius 3 is 2.81 bits per heavy atom. The molecule has 2 atom stereocenters. The minimum absolute atomic E-state index is 0.00578. The Morgan fingerprint density at radius 1 is 1.29 bits per heavy atom. The maximum absolute atomic E-state index is 13.5. The first kappa shape index (κ1) is 19.4. The number of cyclic esters (lactones) is 1. The van der Waals surface area contributed by atoms with Crippen molar-refractivity contribution in [2.75, 3.05) is 0 Å². The van der Waals surface area contributed by atoms with Crippen molar-refractivity contribution in [2.45, 2.75) is 45.1 Å². The molecule has 2 aliphatic heterocycles. The molecule has 0 amide bonds. The summed E-state index contributed by atoms with van der Waals surface area (Å²) in [7, 11) is 0. The van der Waals surface area contributed by atoms with Crippen LogP contribution < -0.4 is 5.56 Å². The predicted octanol–water partition coefficient (Wildman–Crippen LogP) is 2.53. The Bertz CT molecular complexity index is 1330. The van der Waals surface area contributed by atoms with Crippen molar-refractivity contribution in [2.24, 2.45) is 0 Å². The summed E-state index contributed by atoms with van der Waals surface area (Å²) >= 11 is 0. The van der Waals surface area contributed by atoms with Crippen LogP contribution in [-0.4, -0.2) is 26.6 Å². The number of hydrogen-bond donors (Lipinski definition) is 1. The quantitative estimate of drug-likeness (QED) is 0.508. The van der Waals surface area contributed by atoms with Crippen LogP contribution in [0.2, 0.25) is 0 Å². The van der Waals surface area contributed by atoms with Gasteiger partial charge in [0.25, 0.3) is 11.8 Å². The number of aliphatic hydroxyl groups is 1. The van der Waals surface area contributed by atoms with E-state index in [1.165, 1.54) is 4.57 Å². The van der Waals surface area contributed by atoms with Crippen molar-refractivity contribution < 1.29 is 24.2 Å². The molecular weight excluding hydrogens is 400 g/mol. The minimum atomic E-state index is -2.02. The second-order valence-electron chi connectivity index (χ2n) is 7.73. The summed E-state index contributed by atoms with van der Waals surface area (Å²) in [5, 5.41) is 12.1. The van der Waals surface area contributed by atoms with Gasteiger partial charge in [0.15, 0.2) is 5.60 Å². The molecule has 1 aromatic carbocycles. The number of para-hydroxylation sites is 1. The summed E-state index contributed by atoms with van der Waals surface area (Å²) in [6, 6.07) is 11.2. The molecule has 0 saturated heterocycles. The fourth-order valence-corrected chi connectivity index (χ4v) is 4.24. The van der Waals surface area contributed by atoms with E-state index in [4.69, 9.17) is 14.5 Å². The molecule has 31 heavy (non-hydrogen) atoms. The van der Waals surface area contributed by atoms with Crippen molar-refractivity contribution in [1.29, 1.82) is 0 Å². The van der Waals surface area contributed by atoms with Crippen LogP contribution in [0.5, 0.6) is 0 Å². The van der Waals surface area contributed by atoms with Gasteiger partial charge in [-0.15, -0.1) is 0 Å². The smallest absolute Gasteiger partial charge is 0.346 e. The molecule has 8 heteroatoms. The second kappa shape index (κ2) is 6.75. The fourth-order valence-electron chi connectivity index (χ4n) is 4.24. The van der Waals surface area contributed by atoms with Crippen LogP contribution in [0.4, 0.5) is 0 Å². The zero-order valence-corrected chi connectivity index (χ0v) is 17.0. The maximum Gasteiger partial charge on any atom is 0.346 e. The molecule has 3 aromatic rings. The number of carbonyl (C=O) groups excluding carboxylic acids is 2. The normalized spacial score (nSPS) is 21.3. The first-order valence-corrected chi connectivity index (χ1v) is 10.2. The standard InChI is InChI=1S/C23H20N2O6/c1-3-17(26)30-21-18-14(23(29,4-2)22(28)31-21)10-16-19-13(11-25(16)20(18)27)9-12-7-5-6-8-15(12)24-19/h5-10,21,29H,3-4,11H2,1-2H3/t21?,23-/m0/s1. The average Bonchev–Trinajstić information content (AvgIpc) is 3.13. The largest absolute Gasteiger partial charge is 0.420 e. The summed E-state index contributed by atoms with van der Waals surface area (Å²) < 4.78 is 12.0. The van der Waals surface area contributed by atoms with Gasteiger partial charge in [-0.3, -0.25) is 9.59 Å². The highest BCUT2D eigenvalue weighted by Crippen LogP contribution is 2.42. The van der Waals surface area contributed by atoms with E-state index in [9.17, 15) is 19.5 Å². The first-order valence-electron chi connectivity index (χ1n) is 10.2. The number of aromatic nitrogens is 2. The molecule has 4 heterocycles. The lowest BCUT2D eigenvalue weighted by Crippen LogP contribution is -2.47.